The van der Waals surface area contributed by atoms with E-state index in [2.05, 4.69) is 10.6 Å². The number of rotatable bonds is 7. The molecule has 2 rings (SSSR count). The molecule has 1 fully saturated rings. The lowest BCUT2D eigenvalue weighted by Gasteiger charge is -2.22. The molecule has 1 heterocycles. The van der Waals surface area contributed by atoms with Gasteiger partial charge in [-0.25, -0.2) is 8.78 Å². The first kappa shape index (κ1) is 20.1. The molecule has 0 bridgehead atoms. The topological polar surface area (TPSA) is 70.7 Å². The highest BCUT2D eigenvalue weighted by molar-refractivity contribution is 5.95. The van der Waals surface area contributed by atoms with Crippen molar-refractivity contribution in [2.45, 2.75) is 38.8 Å². The summed E-state index contributed by atoms with van der Waals surface area (Å²) in [4.78, 5) is 26.6. The Kier molecular flexibility index (Phi) is 6.90. The van der Waals surface area contributed by atoms with E-state index < -0.39 is 23.1 Å². The Hall–Kier alpha value is -2.22. The predicted octanol–water partition coefficient (Wildman–Crippen LogP) is 1.69. The Morgan fingerprint density at radius 1 is 1.27 bits per heavy atom. The summed E-state index contributed by atoms with van der Waals surface area (Å²) in [5.41, 5.74) is -0.644. The van der Waals surface area contributed by atoms with Gasteiger partial charge >= 0.3 is 0 Å². The lowest BCUT2D eigenvalue weighted by molar-refractivity contribution is -0.125. The fourth-order valence-electron chi connectivity index (χ4n) is 3.25. The Balaban J connectivity index is 2.11. The minimum Gasteiger partial charge on any atom is -0.497 e. The molecular weight excluding hydrogens is 344 g/mol. The number of likely N-dealkylation sites (N-methyl/N-ethyl adjacent to an activating group) is 1. The van der Waals surface area contributed by atoms with E-state index in [1.807, 2.05) is 18.7 Å². The SMILES string of the molecule is CCCN1C[C@@H](NC(=O)c2c(F)cc(OC)cc2F)C[C@H]1C(=O)NCC. The Morgan fingerprint density at radius 3 is 2.46 bits per heavy atom. The maximum absolute atomic E-state index is 14.1. The van der Waals surface area contributed by atoms with Gasteiger partial charge < -0.3 is 15.4 Å². The van der Waals surface area contributed by atoms with Gasteiger partial charge in [0, 0.05) is 31.3 Å². The molecule has 144 valence electrons. The second kappa shape index (κ2) is 8.93. The summed E-state index contributed by atoms with van der Waals surface area (Å²) in [5.74, 6) is -2.89. The number of halogens is 2. The van der Waals surface area contributed by atoms with Gasteiger partial charge in [0.05, 0.1) is 13.2 Å². The second-order valence-corrected chi connectivity index (χ2v) is 6.28. The smallest absolute Gasteiger partial charge is 0.257 e. The number of hydrogen-bond donors (Lipinski definition) is 2. The van der Waals surface area contributed by atoms with Crippen LogP contribution < -0.4 is 15.4 Å². The summed E-state index contributed by atoms with van der Waals surface area (Å²) in [6.07, 6.45) is 1.26. The minimum atomic E-state index is -0.983. The number of hydrogen-bond acceptors (Lipinski definition) is 4. The van der Waals surface area contributed by atoms with Gasteiger partial charge in [-0.15, -0.1) is 0 Å². The number of carbonyl (C=O) groups is 2. The van der Waals surface area contributed by atoms with Gasteiger partial charge in [-0.1, -0.05) is 6.92 Å². The molecule has 26 heavy (non-hydrogen) atoms. The third kappa shape index (κ3) is 4.49. The molecule has 0 radical (unpaired) electrons. The number of nitrogens with one attached hydrogen (secondary N) is 2. The molecule has 0 aromatic heterocycles. The van der Waals surface area contributed by atoms with Crippen LogP contribution in [0.25, 0.3) is 0 Å². The molecule has 0 spiro atoms. The van der Waals surface area contributed by atoms with Gasteiger partial charge in [-0.2, -0.15) is 0 Å². The van der Waals surface area contributed by atoms with Crippen molar-refractivity contribution in [3.8, 4) is 5.75 Å². The molecule has 1 aliphatic heterocycles. The maximum atomic E-state index is 14.1. The second-order valence-electron chi connectivity index (χ2n) is 6.28. The number of carbonyl (C=O) groups excluding carboxylic acids is 2. The van der Waals surface area contributed by atoms with Crippen LogP contribution in [0.2, 0.25) is 0 Å². The normalized spacial score (nSPS) is 20.0. The molecule has 0 unspecified atom stereocenters. The number of benzene rings is 1. The maximum Gasteiger partial charge on any atom is 0.257 e. The molecule has 1 aliphatic rings. The van der Waals surface area contributed by atoms with Crippen molar-refractivity contribution >= 4 is 11.8 Å². The summed E-state index contributed by atoms with van der Waals surface area (Å²) in [5, 5.41) is 5.43. The first-order chi connectivity index (χ1) is 12.4. The molecule has 2 amide bonds. The molecule has 0 aliphatic carbocycles. The van der Waals surface area contributed by atoms with Crippen LogP contribution in [0.3, 0.4) is 0 Å². The van der Waals surface area contributed by atoms with E-state index in [4.69, 9.17) is 4.74 Å². The van der Waals surface area contributed by atoms with E-state index in [-0.39, 0.29) is 23.7 Å². The summed E-state index contributed by atoms with van der Waals surface area (Å²) >= 11 is 0. The van der Waals surface area contributed by atoms with Crippen molar-refractivity contribution in [2.24, 2.45) is 0 Å². The van der Waals surface area contributed by atoms with Crippen molar-refractivity contribution < 1.29 is 23.1 Å². The number of likely N-dealkylation sites (tertiary alicyclic amines) is 1. The number of methoxy groups -OCH3 is 1. The van der Waals surface area contributed by atoms with Crippen LogP contribution in [-0.4, -0.2) is 55.5 Å². The van der Waals surface area contributed by atoms with Gasteiger partial charge in [0.15, 0.2) is 0 Å². The van der Waals surface area contributed by atoms with Gasteiger partial charge in [0.1, 0.15) is 22.9 Å². The van der Waals surface area contributed by atoms with Crippen molar-refractivity contribution in [3.05, 3.63) is 29.3 Å². The van der Waals surface area contributed by atoms with Crippen LogP contribution in [0.15, 0.2) is 12.1 Å². The van der Waals surface area contributed by atoms with E-state index in [9.17, 15) is 18.4 Å². The summed E-state index contributed by atoms with van der Waals surface area (Å²) in [7, 11) is 1.29. The monoisotopic (exact) mass is 369 g/mol. The van der Waals surface area contributed by atoms with Gasteiger partial charge in [0.2, 0.25) is 5.91 Å². The third-order valence-corrected chi connectivity index (χ3v) is 4.38. The zero-order valence-corrected chi connectivity index (χ0v) is 15.3. The number of nitrogens with zero attached hydrogens (tertiary/aromatic N) is 1. The molecular formula is C18H25F2N3O3. The first-order valence-electron chi connectivity index (χ1n) is 8.76. The van der Waals surface area contributed by atoms with Crippen molar-refractivity contribution in [2.75, 3.05) is 26.7 Å². The van der Waals surface area contributed by atoms with E-state index >= 15 is 0 Å². The van der Waals surface area contributed by atoms with Crippen LogP contribution in [0, 0.1) is 11.6 Å². The Morgan fingerprint density at radius 2 is 1.92 bits per heavy atom. The highest BCUT2D eigenvalue weighted by Crippen LogP contribution is 2.22. The van der Waals surface area contributed by atoms with Gasteiger partial charge in [-0.05, 0) is 26.3 Å². The largest absolute Gasteiger partial charge is 0.497 e. The molecule has 0 saturated carbocycles. The summed E-state index contributed by atoms with van der Waals surface area (Å²) in [6.45, 7) is 5.53. The Bertz CT molecular complexity index is 646. The first-order valence-corrected chi connectivity index (χ1v) is 8.76. The lowest BCUT2D eigenvalue weighted by Crippen LogP contribution is -2.43. The third-order valence-electron chi connectivity index (χ3n) is 4.38. The van der Waals surface area contributed by atoms with Crippen LogP contribution in [0.1, 0.15) is 37.0 Å². The fraction of sp³-hybridized carbons (Fsp3) is 0.556. The van der Waals surface area contributed by atoms with Crippen molar-refractivity contribution in [1.29, 1.82) is 0 Å². The molecule has 2 N–H and O–H groups in total. The van der Waals surface area contributed by atoms with Crippen molar-refractivity contribution in [1.82, 2.24) is 15.5 Å². The fourth-order valence-corrected chi connectivity index (χ4v) is 3.25. The van der Waals surface area contributed by atoms with Gasteiger partial charge in [0.25, 0.3) is 5.91 Å². The highest BCUT2D eigenvalue weighted by atomic mass is 19.1. The van der Waals surface area contributed by atoms with Gasteiger partial charge in [-0.3, -0.25) is 14.5 Å². The van der Waals surface area contributed by atoms with Crippen LogP contribution in [0.5, 0.6) is 5.75 Å². The minimum absolute atomic E-state index is 0.00263. The molecule has 1 aromatic rings. The van der Waals surface area contributed by atoms with Crippen LogP contribution in [0.4, 0.5) is 8.78 Å². The highest BCUT2D eigenvalue weighted by Gasteiger charge is 2.37. The van der Waals surface area contributed by atoms with E-state index in [0.29, 0.717) is 26.1 Å². The average molecular weight is 369 g/mol. The summed E-state index contributed by atoms with van der Waals surface area (Å²) < 4.78 is 32.9. The molecule has 8 heteroatoms. The number of amides is 2. The van der Waals surface area contributed by atoms with Crippen LogP contribution >= 0.6 is 0 Å². The predicted molar refractivity (Wildman–Crippen MR) is 93.1 cm³/mol. The van der Waals surface area contributed by atoms with Crippen molar-refractivity contribution in [3.63, 3.8) is 0 Å². The van der Waals surface area contributed by atoms with Crippen LogP contribution in [-0.2, 0) is 4.79 Å². The average Bonchev–Trinajstić information content (AvgIpc) is 2.97. The standard InChI is InChI=1S/C18H25F2N3O3/c1-4-6-23-10-11(7-15(23)17(24)21-5-2)22-18(25)16-13(19)8-12(26-3)9-14(16)20/h8-9,11,15H,4-7,10H2,1-3H3,(H,21,24)(H,22,25)/t11-,15-/m0/s1. The molecule has 1 saturated heterocycles. The van der Waals surface area contributed by atoms with E-state index in [1.165, 1.54) is 7.11 Å². The quantitative estimate of drug-likeness (QED) is 0.767. The molecule has 1 aromatic carbocycles. The van der Waals surface area contributed by atoms with E-state index in [1.54, 1.807) is 0 Å². The Labute approximate surface area is 151 Å². The number of ether oxygens (including phenoxy) is 1. The summed E-state index contributed by atoms with van der Waals surface area (Å²) in [6, 6.07) is 1.22. The zero-order valence-electron chi connectivity index (χ0n) is 15.3. The lowest BCUT2D eigenvalue weighted by atomic mass is 10.1. The molecule has 6 nitrogen and oxygen atoms in total. The zero-order chi connectivity index (χ0) is 19.3. The molecule has 2 atom stereocenters. The van der Waals surface area contributed by atoms with E-state index in [0.717, 1.165) is 18.6 Å².